The summed E-state index contributed by atoms with van der Waals surface area (Å²) in [5.74, 6) is 1.01. The Hall–Kier alpha value is -3.54. The summed E-state index contributed by atoms with van der Waals surface area (Å²) in [4.78, 5) is 16.3. The van der Waals surface area contributed by atoms with Crippen molar-refractivity contribution >= 4 is 17.4 Å². The van der Waals surface area contributed by atoms with Crippen LogP contribution in [0.25, 0.3) is 0 Å². The summed E-state index contributed by atoms with van der Waals surface area (Å²) in [6, 6.07) is 20.0. The molecule has 1 aromatic heterocycles. The minimum Gasteiger partial charge on any atom is -0.437 e. The largest absolute Gasteiger partial charge is 0.437 e. The van der Waals surface area contributed by atoms with Crippen LogP contribution in [0.5, 0.6) is 11.6 Å². The van der Waals surface area contributed by atoms with Crippen LogP contribution in [0.15, 0.2) is 72.9 Å². The minimum atomic E-state index is -0.425. The van der Waals surface area contributed by atoms with Crippen LogP contribution in [0, 0.1) is 6.92 Å². The van der Waals surface area contributed by atoms with E-state index in [0.717, 1.165) is 11.3 Å². The average Bonchev–Trinajstić information content (AvgIpc) is 2.64. The molecule has 0 unspecified atom stereocenters. The summed E-state index contributed by atoms with van der Waals surface area (Å²) in [7, 11) is 0. The molecule has 0 bridgehead atoms. The third-order valence-electron chi connectivity index (χ3n) is 3.41. The monoisotopic (exact) mass is 334 g/mol. The van der Waals surface area contributed by atoms with Gasteiger partial charge >= 0.3 is 6.03 Å². The summed E-state index contributed by atoms with van der Waals surface area (Å²) in [5.41, 5.74) is 7.62. The summed E-state index contributed by atoms with van der Waals surface area (Å²) < 4.78 is 5.83. The van der Waals surface area contributed by atoms with Crippen LogP contribution >= 0.6 is 0 Å². The zero-order valence-electron chi connectivity index (χ0n) is 13.7. The predicted molar refractivity (Wildman–Crippen MR) is 97.7 cm³/mol. The number of anilines is 2. The molecule has 0 radical (unpaired) electrons. The summed E-state index contributed by atoms with van der Waals surface area (Å²) in [6.45, 7) is 1.95. The van der Waals surface area contributed by atoms with Crippen molar-refractivity contribution in [2.75, 3.05) is 10.7 Å². The number of para-hydroxylation sites is 2. The van der Waals surface area contributed by atoms with Crippen molar-refractivity contribution in [3.63, 3.8) is 0 Å². The molecule has 0 saturated heterocycles. The molecule has 0 atom stereocenters. The lowest BCUT2D eigenvalue weighted by atomic mass is 10.2. The fourth-order valence-electron chi connectivity index (χ4n) is 2.15. The first-order valence-corrected chi connectivity index (χ1v) is 7.79. The molecule has 1 heterocycles. The number of ether oxygens (including phenoxy) is 1. The quantitative estimate of drug-likeness (QED) is 0.607. The zero-order chi connectivity index (χ0) is 17.5. The highest BCUT2D eigenvalue weighted by Gasteiger charge is 2.10. The molecule has 2 amide bonds. The molecule has 6 nitrogen and oxygen atoms in total. The molecule has 0 fully saturated rings. The molecule has 25 heavy (non-hydrogen) atoms. The van der Waals surface area contributed by atoms with Gasteiger partial charge in [0.1, 0.15) is 11.4 Å². The SMILES string of the molecule is Cc1ccccc1Oc1ncccc1NC(=O)NNc1ccccc1. The Balaban J connectivity index is 1.66. The Bertz CT molecular complexity index is 853. The lowest BCUT2D eigenvalue weighted by molar-refractivity contribution is 0.253. The van der Waals surface area contributed by atoms with Crippen LogP contribution < -0.4 is 20.9 Å². The summed E-state index contributed by atoms with van der Waals surface area (Å²) >= 11 is 0. The highest BCUT2D eigenvalue weighted by molar-refractivity contribution is 5.91. The second kappa shape index (κ2) is 7.83. The number of pyridine rings is 1. The lowest BCUT2D eigenvalue weighted by Gasteiger charge is -2.13. The third kappa shape index (κ3) is 4.48. The van der Waals surface area contributed by atoms with Gasteiger partial charge in [-0.05, 0) is 42.8 Å². The highest BCUT2D eigenvalue weighted by atomic mass is 16.5. The Morgan fingerprint density at radius 1 is 0.960 bits per heavy atom. The van der Waals surface area contributed by atoms with Gasteiger partial charge < -0.3 is 10.1 Å². The Labute approximate surface area is 145 Å². The second-order valence-corrected chi connectivity index (χ2v) is 5.29. The van der Waals surface area contributed by atoms with Crippen LogP contribution in [-0.4, -0.2) is 11.0 Å². The number of carbonyl (C=O) groups is 1. The van der Waals surface area contributed by atoms with Crippen molar-refractivity contribution in [2.24, 2.45) is 0 Å². The molecule has 0 saturated carbocycles. The maximum atomic E-state index is 12.1. The van der Waals surface area contributed by atoms with Gasteiger partial charge in [0.2, 0.25) is 5.88 Å². The van der Waals surface area contributed by atoms with Crippen molar-refractivity contribution in [1.82, 2.24) is 10.4 Å². The van der Waals surface area contributed by atoms with Gasteiger partial charge in [0.15, 0.2) is 0 Å². The van der Waals surface area contributed by atoms with Crippen LogP contribution in [0.3, 0.4) is 0 Å². The first-order valence-electron chi connectivity index (χ1n) is 7.79. The lowest BCUT2D eigenvalue weighted by Crippen LogP contribution is -2.33. The number of carbonyl (C=O) groups excluding carboxylic acids is 1. The van der Waals surface area contributed by atoms with Gasteiger partial charge in [-0.3, -0.25) is 10.9 Å². The fraction of sp³-hybridized carbons (Fsp3) is 0.0526. The van der Waals surface area contributed by atoms with Gasteiger partial charge in [-0.1, -0.05) is 36.4 Å². The smallest absolute Gasteiger partial charge is 0.338 e. The number of nitrogens with one attached hydrogen (secondary N) is 3. The number of urea groups is 1. The number of aryl methyl sites for hydroxylation is 1. The van der Waals surface area contributed by atoms with Crippen molar-refractivity contribution < 1.29 is 9.53 Å². The predicted octanol–water partition coefficient (Wildman–Crippen LogP) is 4.33. The van der Waals surface area contributed by atoms with Crippen LogP contribution in [0.1, 0.15) is 5.56 Å². The zero-order valence-corrected chi connectivity index (χ0v) is 13.7. The molecule has 0 aliphatic rings. The van der Waals surface area contributed by atoms with Crippen LogP contribution in [-0.2, 0) is 0 Å². The number of benzene rings is 2. The van der Waals surface area contributed by atoms with Crippen molar-refractivity contribution in [3.05, 3.63) is 78.5 Å². The molecule has 6 heteroatoms. The number of amides is 2. The van der Waals surface area contributed by atoms with E-state index in [4.69, 9.17) is 4.74 Å². The van der Waals surface area contributed by atoms with Crippen LogP contribution in [0.4, 0.5) is 16.2 Å². The van der Waals surface area contributed by atoms with E-state index in [1.165, 1.54) is 0 Å². The first kappa shape index (κ1) is 16.3. The number of hydrogen-bond acceptors (Lipinski definition) is 4. The molecule has 126 valence electrons. The van der Waals surface area contributed by atoms with E-state index in [2.05, 4.69) is 21.2 Å². The normalized spacial score (nSPS) is 9.96. The maximum Gasteiger partial charge on any atom is 0.338 e. The maximum absolute atomic E-state index is 12.1. The Morgan fingerprint density at radius 3 is 2.52 bits per heavy atom. The van der Waals surface area contributed by atoms with E-state index in [1.807, 2.05) is 61.5 Å². The molecule has 3 rings (SSSR count). The number of hydrogen-bond donors (Lipinski definition) is 3. The molecule has 0 aliphatic heterocycles. The van der Waals surface area contributed by atoms with Crippen LogP contribution in [0.2, 0.25) is 0 Å². The van der Waals surface area contributed by atoms with E-state index >= 15 is 0 Å². The van der Waals surface area contributed by atoms with Gasteiger partial charge in [-0.2, -0.15) is 0 Å². The average molecular weight is 334 g/mol. The molecule has 0 spiro atoms. The number of aromatic nitrogens is 1. The van der Waals surface area contributed by atoms with E-state index < -0.39 is 6.03 Å². The fourth-order valence-corrected chi connectivity index (χ4v) is 2.15. The van der Waals surface area contributed by atoms with E-state index in [-0.39, 0.29) is 0 Å². The molecular weight excluding hydrogens is 316 g/mol. The first-order chi connectivity index (χ1) is 12.2. The highest BCUT2D eigenvalue weighted by Crippen LogP contribution is 2.28. The molecule has 0 aliphatic carbocycles. The van der Waals surface area contributed by atoms with E-state index in [9.17, 15) is 4.79 Å². The van der Waals surface area contributed by atoms with E-state index in [0.29, 0.717) is 17.3 Å². The number of hydrazine groups is 1. The standard InChI is InChI=1S/C19H18N4O2/c1-14-8-5-6-12-17(14)25-18-16(11-7-13-20-18)21-19(24)23-22-15-9-3-2-4-10-15/h2-13,22H,1H3,(H2,21,23,24). The van der Waals surface area contributed by atoms with Crippen molar-refractivity contribution in [3.8, 4) is 11.6 Å². The van der Waals surface area contributed by atoms with E-state index in [1.54, 1.807) is 18.3 Å². The van der Waals surface area contributed by atoms with Crippen molar-refractivity contribution in [2.45, 2.75) is 6.92 Å². The number of nitrogens with zero attached hydrogens (tertiary/aromatic N) is 1. The van der Waals surface area contributed by atoms with Gasteiger partial charge in [0.25, 0.3) is 0 Å². The number of rotatable bonds is 5. The summed E-state index contributed by atoms with van der Waals surface area (Å²) in [6.07, 6.45) is 1.61. The molecule has 3 N–H and O–H groups in total. The van der Waals surface area contributed by atoms with Crippen molar-refractivity contribution in [1.29, 1.82) is 0 Å². The van der Waals surface area contributed by atoms with Gasteiger partial charge in [-0.25, -0.2) is 9.78 Å². The Morgan fingerprint density at radius 2 is 1.72 bits per heavy atom. The van der Waals surface area contributed by atoms with Gasteiger partial charge in [0, 0.05) is 6.20 Å². The van der Waals surface area contributed by atoms with Gasteiger partial charge in [0.05, 0.1) is 5.69 Å². The molecule has 2 aromatic carbocycles. The van der Waals surface area contributed by atoms with Gasteiger partial charge in [-0.15, -0.1) is 0 Å². The molecule has 3 aromatic rings. The molecular formula is C19H18N4O2. The Kier molecular flexibility index (Phi) is 5.11. The minimum absolute atomic E-state index is 0.326. The second-order valence-electron chi connectivity index (χ2n) is 5.29. The topological polar surface area (TPSA) is 75.3 Å². The summed E-state index contributed by atoms with van der Waals surface area (Å²) in [5, 5.41) is 2.72. The third-order valence-corrected chi connectivity index (χ3v) is 3.41.